The van der Waals surface area contributed by atoms with E-state index in [0.717, 1.165) is 18.6 Å². The predicted octanol–water partition coefficient (Wildman–Crippen LogP) is 3.11. The third kappa shape index (κ3) is 12.0. The van der Waals surface area contributed by atoms with Crippen LogP contribution in [0.5, 0.6) is 0 Å². The standard InChI is InChI=1S/C11H20N.Li.H/c1-3-5-7-8-10-11(12)9-6-4-2;;/h4,6,12H,2-3,5,7-10H2,1H3;;. The van der Waals surface area contributed by atoms with Crippen molar-refractivity contribution in [2.24, 2.45) is 0 Å². The first-order chi connectivity index (χ1) is 5.81. The van der Waals surface area contributed by atoms with Gasteiger partial charge in [0, 0.05) is 12.1 Å². The van der Waals surface area contributed by atoms with Crippen LogP contribution in [0.4, 0.5) is 0 Å². The molecule has 0 fully saturated rings. The summed E-state index contributed by atoms with van der Waals surface area (Å²) in [5.74, 6) is 0. The second-order valence-electron chi connectivity index (χ2n) is 3.09. The number of allylic oxidation sites excluding steroid dienone is 2. The van der Waals surface area contributed by atoms with Gasteiger partial charge in [-0.05, 0) is 19.8 Å². The molecular weight excluding hydrogens is 153 g/mol. The van der Waals surface area contributed by atoms with Crippen molar-refractivity contribution in [2.45, 2.75) is 45.4 Å². The molecule has 0 aliphatic carbocycles. The Morgan fingerprint density at radius 2 is 2.00 bits per heavy atom. The Balaban J connectivity index is 0. The first-order valence-electron chi connectivity index (χ1n) is 4.81. The van der Waals surface area contributed by atoms with E-state index in [1.54, 1.807) is 6.08 Å². The second kappa shape index (κ2) is 12.0. The summed E-state index contributed by atoms with van der Waals surface area (Å²) in [6.45, 7) is 5.80. The van der Waals surface area contributed by atoms with Crippen molar-refractivity contribution in [3.8, 4) is 0 Å². The van der Waals surface area contributed by atoms with Crippen LogP contribution in [0.2, 0.25) is 0 Å². The third-order valence-electron chi connectivity index (χ3n) is 1.86. The first kappa shape index (κ1) is 15.5. The molecule has 0 heterocycles. The fourth-order valence-corrected chi connectivity index (χ4v) is 1.09. The summed E-state index contributed by atoms with van der Waals surface area (Å²) in [5.41, 5.74) is 0.839. The topological polar surface area (TPSA) is 23.9 Å². The fraction of sp³-hybridized carbons (Fsp3) is 0.636. The molecule has 1 radical (unpaired) electrons. The molecule has 0 rings (SSSR count). The quantitative estimate of drug-likeness (QED) is 0.348. The molecule has 1 nitrogen and oxygen atoms in total. The van der Waals surface area contributed by atoms with Gasteiger partial charge in [0.1, 0.15) is 0 Å². The van der Waals surface area contributed by atoms with E-state index in [0.29, 0.717) is 0 Å². The molecule has 0 unspecified atom stereocenters. The molecule has 0 aliphatic rings. The van der Waals surface area contributed by atoms with Gasteiger partial charge >= 0.3 is 18.9 Å². The van der Waals surface area contributed by atoms with E-state index >= 15 is 0 Å². The van der Waals surface area contributed by atoms with Crippen LogP contribution < -0.4 is 0 Å². The average Bonchev–Trinajstić information content (AvgIpc) is 2.09. The number of hydrogen-bond donors (Lipinski definition) is 1. The normalized spacial score (nSPS) is 10.0. The van der Waals surface area contributed by atoms with E-state index in [2.05, 4.69) is 13.8 Å². The van der Waals surface area contributed by atoms with E-state index < -0.39 is 0 Å². The molecule has 0 amide bonds. The van der Waals surface area contributed by atoms with E-state index in [-0.39, 0.29) is 18.9 Å². The van der Waals surface area contributed by atoms with Crippen LogP contribution >= 0.6 is 0 Å². The second-order valence-corrected chi connectivity index (χ2v) is 3.09. The van der Waals surface area contributed by atoms with Crippen molar-refractivity contribution < 1.29 is 0 Å². The molecule has 0 atom stereocenters. The van der Waals surface area contributed by atoms with E-state index in [1.165, 1.54) is 25.7 Å². The van der Waals surface area contributed by atoms with Crippen molar-refractivity contribution in [1.29, 1.82) is 5.41 Å². The van der Waals surface area contributed by atoms with Crippen LogP contribution in [-0.4, -0.2) is 24.6 Å². The summed E-state index contributed by atoms with van der Waals surface area (Å²) in [4.78, 5) is 0. The zero-order chi connectivity index (χ0) is 9.23. The predicted molar refractivity (Wildman–Crippen MR) is 62.7 cm³/mol. The Kier molecular flexibility index (Phi) is 14.3. The molecule has 0 saturated carbocycles. The maximum atomic E-state index is 7.55. The molecule has 0 bridgehead atoms. The van der Waals surface area contributed by atoms with Gasteiger partial charge < -0.3 is 5.41 Å². The molecule has 0 aromatic heterocycles. The molecule has 71 valence electrons. The number of unbranched alkanes of at least 4 members (excludes halogenated alkanes) is 3. The van der Waals surface area contributed by atoms with Crippen LogP contribution in [-0.2, 0) is 0 Å². The van der Waals surface area contributed by atoms with Crippen LogP contribution in [0.3, 0.4) is 0 Å². The van der Waals surface area contributed by atoms with Crippen LogP contribution in [0, 0.1) is 12.3 Å². The van der Waals surface area contributed by atoms with Gasteiger partial charge in [-0.1, -0.05) is 38.3 Å². The van der Waals surface area contributed by atoms with E-state index in [9.17, 15) is 0 Å². The SMILES string of the molecule is [CH2]C=CCC(=N)CCCCCC.[LiH]. The maximum absolute atomic E-state index is 7.55. The number of hydrogen-bond acceptors (Lipinski definition) is 1. The summed E-state index contributed by atoms with van der Waals surface area (Å²) in [6.07, 6.45) is 10.5. The molecule has 2 heteroatoms. The molecule has 13 heavy (non-hydrogen) atoms. The number of rotatable bonds is 7. The molecular formula is C11H21LiN. The van der Waals surface area contributed by atoms with Gasteiger partial charge in [-0.15, -0.1) is 0 Å². The Hall–Kier alpha value is 0.00740. The molecule has 0 aliphatic heterocycles. The summed E-state index contributed by atoms with van der Waals surface area (Å²) < 4.78 is 0. The zero-order valence-corrected chi connectivity index (χ0v) is 8.10. The van der Waals surface area contributed by atoms with Gasteiger partial charge in [0.15, 0.2) is 0 Å². The van der Waals surface area contributed by atoms with Crippen molar-refractivity contribution in [2.75, 3.05) is 0 Å². The molecule has 0 spiro atoms. The van der Waals surface area contributed by atoms with Crippen molar-refractivity contribution in [3.63, 3.8) is 0 Å². The van der Waals surface area contributed by atoms with Crippen LogP contribution in [0.25, 0.3) is 0 Å². The molecule has 0 aromatic rings. The van der Waals surface area contributed by atoms with E-state index in [1.807, 2.05) is 6.08 Å². The monoisotopic (exact) mass is 174 g/mol. The minimum absolute atomic E-state index is 0. The minimum atomic E-state index is 0. The average molecular weight is 174 g/mol. The Bertz CT molecular complexity index is 141. The zero-order valence-electron chi connectivity index (χ0n) is 8.10. The van der Waals surface area contributed by atoms with Crippen molar-refractivity contribution in [3.05, 3.63) is 19.1 Å². The van der Waals surface area contributed by atoms with Gasteiger partial charge in [0.25, 0.3) is 0 Å². The summed E-state index contributed by atoms with van der Waals surface area (Å²) in [7, 11) is 0. The van der Waals surface area contributed by atoms with Gasteiger partial charge in [-0.25, -0.2) is 0 Å². The number of nitrogens with one attached hydrogen (secondary N) is 1. The van der Waals surface area contributed by atoms with E-state index in [4.69, 9.17) is 5.41 Å². The summed E-state index contributed by atoms with van der Waals surface area (Å²) >= 11 is 0. The van der Waals surface area contributed by atoms with Crippen molar-refractivity contribution >= 4 is 24.6 Å². The Labute approximate surface area is 94.7 Å². The fourth-order valence-electron chi connectivity index (χ4n) is 1.09. The van der Waals surface area contributed by atoms with Gasteiger partial charge in [0.05, 0.1) is 0 Å². The first-order valence-corrected chi connectivity index (χ1v) is 4.81. The van der Waals surface area contributed by atoms with Gasteiger partial charge in [-0.2, -0.15) is 0 Å². The van der Waals surface area contributed by atoms with Crippen molar-refractivity contribution in [1.82, 2.24) is 0 Å². The van der Waals surface area contributed by atoms with Gasteiger partial charge in [-0.3, -0.25) is 0 Å². The molecule has 1 N–H and O–H groups in total. The third-order valence-corrected chi connectivity index (χ3v) is 1.86. The molecule has 0 saturated heterocycles. The Morgan fingerprint density at radius 1 is 1.31 bits per heavy atom. The summed E-state index contributed by atoms with van der Waals surface area (Å²) in [6, 6.07) is 0. The van der Waals surface area contributed by atoms with Gasteiger partial charge in [0.2, 0.25) is 0 Å². The van der Waals surface area contributed by atoms with Crippen LogP contribution in [0.15, 0.2) is 12.2 Å². The molecule has 0 aromatic carbocycles. The van der Waals surface area contributed by atoms with Crippen LogP contribution in [0.1, 0.15) is 45.4 Å². The summed E-state index contributed by atoms with van der Waals surface area (Å²) in [5, 5.41) is 7.55. The Morgan fingerprint density at radius 3 is 2.54 bits per heavy atom.